The van der Waals surface area contributed by atoms with E-state index in [0.717, 1.165) is 21.0 Å². The quantitative estimate of drug-likeness (QED) is 0.749. The molecule has 0 bridgehead atoms. The van der Waals surface area contributed by atoms with Gasteiger partial charge in [0.1, 0.15) is 5.82 Å². The van der Waals surface area contributed by atoms with Crippen molar-refractivity contribution in [3.63, 3.8) is 0 Å². The number of fused-ring (bicyclic) bond motifs is 1. The Morgan fingerprint density at radius 3 is 2.94 bits per heavy atom. The summed E-state index contributed by atoms with van der Waals surface area (Å²) in [5.41, 5.74) is 7.41. The van der Waals surface area contributed by atoms with E-state index in [2.05, 4.69) is 15.3 Å². The lowest BCUT2D eigenvalue weighted by molar-refractivity contribution is 1.33. The van der Waals surface area contributed by atoms with Crippen LogP contribution in [-0.4, -0.2) is 9.97 Å². The van der Waals surface area contributed by atoms with Gasteiger partial charge in [-0.2, -0.15) is 0 Å². The molecule has 0 spiro atoms. The number of nitrogens with one attached hydrogen (secondary N) is 1. The van der Waals surface area contributed by atoms with E-state index in [-0.39, 0.29) is 0 Å². The maximum Gasteiger partial charge on any atom is 0.188 e. The summed E-state index contributed by atoms with van der Waals surface area (Å²) >= 11 is 7.49. The minimum Gasteiger partial charge on any atom is -0.384 e. The van der Waals surface area contributed by atoms with Crippen LogP contribution in [0.5, 0.6) is 0 Å². The van der Waals surface area contributed by atoms with E-state index in [9.17, 15) is 0 Å². The number of benzene rings is 1. The second-order valence-electron chi connectivity index (χ2n) is 3.73. The van der Waals surface area contributed by atoms with Crippen molar-refractivity contribution in [1.29, 1.82) is 0 Å². The van der Waals surface area contributed by atoms with Gasteiger partial charge in [0.2, 0.25) is 0 Å². The predicted molar refractivity (Wildman–Crippen MR) is 76.6 cm³/mol. The molecule has 0 amide bonds. The van der Waals surface area contributed by atoms with E-state index in [4.69, 9.17) is 17.3 Å². The number of halogens is 1. The number of nitrogens with zero attached hydrogens (tertiary/aromatic N) is 2. The normalized spacial score (nSPS) is 10.7. The molecular formula is C12H9ClN4S. The van der Waals surface area contributed by atoms with Crippen LogP contribution in [0.2, 0.25) is 5.02 Å². The summed E-state index contributed by atoms with van der Waals surface area (Å²) in [4.78, 5) is 8.41. The molecule has 0 saturated carbocycles. The first-order chi connectivity index (χ1) is 8.70. The van der Waals surface area contributed by atoms with Gasteiger partial charge in [-0.15, -0.1) is 0 Å². The Hall–Kier alpha value is -1.85. The van der Waals surface area contributed by atoms with Crippen molar-refractivity contribution in [2.24, 2.45) is 0 Å². The first kappa shape index (κ1) is 11.3. The first-order valence-electron chi connectivity index (χ1n) is 5.25. The lowest BCUT2D eigenvalue weighted by Gasteiger charge is -2.01. The van der Waals surface area contributed by atoms with E-state index in [1.807, 2.05) is 24.3 Å². The molecule has 0 fully saturated rings. The van der Waals surface area contributed by atoms with Gasteiger partial charge < -0.3 is 11.1 Å². The largest absolute Gasteiger partial charge is 0.384 e. The zero-order valence-electron chi connectivity index (χ0n) is 9.22. The highest BCUT2D eigenvalue weighted by Crippen LogP contribution is 2.30. The Balaban J connectivity index is 1.95. The zero-order valence-corrected chi connectivity index (χ0v) is 10.8. The third-order valence-corrected chi connectivity index (χ3v) is 3.55. The van der Waals surface area contributed by atoms with Crippen molar-refractivity contribution >= 4 is 49.8 Å². The summed E-state index contributed by atoms with van der Waals surface area (Å²) in [6, 6.07) is 9.24. The minimum atomic E-state index is 0.476. The number of nitrogens with two attached hydrogens (primary N) is 1. The maximum absolute atomic E-state index is 5.94. The summed E-state index contributed by atoms with van der Waals surface area (Å²) < 4.78 is 1.05. The van der Waals surface area contributed by atoms with E-state index in [1.54, 1.807) is 23.6 Å². The van der Waals surface area contributed by atoms with Gasteiger partial charge in [0, 0.05) is 23.0 Å². The third kappa shape index (κ3) is 2.23. The fourth-order valence-electron chi connectivity index (χ4n) is 1.60. The number of hydrogen-bond acceptors (Lipinski definition) is 5. The average molecular weight is 277 g/mol. The van der Waals surface area contributed by atoms with Gasteiger partial charge in [0.25, 0.3) is 0 Å². The Morgan fingerprint density at radius 1 is 1.22 bits per heavy atom. The number of anilines is 3. The molecule has 2 aromatic heterocycles. The highest BCUT2D eigenvalue weighted by molar-refractivity contribution is 7.22. The van der Waals surface area contributed by atoms with Gasteiger partial charge in [0.05, 0.1) is 10.2 Å². The highest BCUT2D eigenvalue weighted by Gasteiger charge is 2.04. The number of hydrogen-bond donors (Lipinski definition) is 2. The third-order valence-electron chi connectivity index (χ3n) is 2.38. The standard InChI is InChI=1S/C12H9ClN4S/c13-7-1-2-9-10(5-7)18-12(17-9)16-8-3-4-15-11(14)6-8/h1-6H,(H3,14,15,16,17). The van der Waals surface area contributed by atoms with Gasteiger partial charge in [-0.25, -0.2) is 9.97 Å². The van der Waals surface area contributed by atoms with Gasteiger partial charge in [-0.05, 0) is 24.3 Å². The van der Waals surface area contributed by atoms with Gasteiger partial charge in [-0.1, -0.05) is 22.9 Å². The molecule has 0 unspecified atom stereocenters. The van der Waals surface area contributed by atoms with Crippen LogP contribution in [0.3, 0.4) is 0 Å². The molecule has 0 aliphatic heterocycles. The smallest absolute Gasteiger partial charge is 0.188 e. The molecule has 3 rings (SSSR count). The van der Waals surface area contributed by atoms with Crippen molar-refractivity contribution in [3.8, 4) is 0 Å². The molecular weight excluding hydrogens is 268 g/mol. The molecule has 18 heavy (non-hydrogen) atoms. The Labute approximate surface area is 112 Å². The Bertz CT molecular complexity index is 710. The molecule has 1 aromatic carbocycles. The fourth-order valence-corrected chi connectivity index (χ4v) is 2.76. The molecule has 0 saturated heterocycles. The van der Waals surface area contributed by atoms with E-state index in [0.29, 0.717) is 10.8 Å². The molecule has 2 heterocycles. The monoisotopic (exact) mass is 276 g/mol. The number of pyridine rings is 1. The minimum absolute atomic E-state index is 0.476. The molecule has 3 N–H and O–H groups in total. The number of rotatable bonds is 2. The van der Waals surface area contributed by atoms with Crippen molar-refractivity contribution in [1.82, 2.24) is 9.97 Å². The number of thiazole rings is 1. The first-order valence-corrected chi connectivity index (χ1v) is 6.45. The topological polar surface area (TPSA) is 63.8 Å². The lowest BCUT2D eigenvalue weighted by Crippen LogP contribution is -1.93. The predicted octanol–water partition coefficient (Wildman–Crippen LogP) is 3.67. The molecule has 6 heteroatoms. The van der Waals surface area contributed by atoms with Crippen molar-refractivity contribution < 1.29 is 0 Å². The van der Waals surface area contributed by atoms with Crippen LogP contribution in [0.15, 0.2) is 36.5 Å². The molecule has 0 radical (unpaired) electrons. The average Bonchev–Trinajstić information content (AvgIpc) is 2.70. The van der Waals surface area contributed by atoms with Crippen LogP contribution in [0, 0.1) is 0 Å². The summed E-state index contributed by atoms with van der Waals surface area (Å²) in [5.74, 6) is 0.476. The van der Waals surface area contributed by atoms with Crippen molar-refractivity contribution in [3.05, 3.63) is 41.6 Å². The molecule has 3 aromatic rings. The number of nitrogen functional groups attached to an aromatic ring is 1. The van der Waals surface area contributed by atoms with Crippen molar-refractivity contribution in [2.45, 2.75) is 0 Å². The SMILES string of the molecule is Nc1cc(Nc2nc3ccc(Cl)cc3s2)ccn1. The fraction of sp³-hybridized carbons (Fsp3) is 0. The zero-order chi connectivity index (χ0) is 12.5. The summed E-state index contributed by atoms with van der Waals surface area (Å²) in [6.07, 6.45) is 1.65. The summed E-state index contributed by atoms with van der Waals surface area (Å²) in [5, 5.41) is 4.72. The van der Waals surface area contributed by atoms with Gasteiger partial charge >= 0.3 is 0 Å². The lowest BCUT2D eigenvalue weighted by atomic mass is 10.3. The molecule has 4 nitrogen and oxygen atoms in total. The van der Waals surface area contributed by atoms with Crippen LogP contribution in [0.4, 0.5) is 16.6 Å². The number of aromatic nitrogens is 2. The highest BCUT2D eigenvalue weighted by atomic mass is 35.5. The van der Waals surface area contributed by atoms with Crippen LogP contribution in [0.1, 0.15) is 0 Å². The van der Waals surface area contributed by atoms with E-state index in [1.165, 1.54) is 0 Å². The Morgan fingerprint density at radius 2 is 2.11 bits per heavy atom. The Kier molecular flexibility index (Phi) is 2.77. The van der Waals surface area contributed by atoms with Crippen LogP contribution >= 0.6 is 22.9 Å². The molecule has 90 valence electrons. The maximum atomic E-state index is 5.94. The van der Waals surface area contributed by atoms with E-state index >= 15 is 0 Å². The van der Waals surface area contributed by atoms with Gasteiger partial charge in [0.15, 0.2) is 5.13 Å². The van der Waals surface area contributed by atoms with Gasteiger partial charge in [-0.3, -0.25) is 0 Å². The van der Waals surface area contributed by atoms with Crippen LogP contribution in [0.25, 0.3) is 10.2 Å². The molecule has 0 aliphatic carbocycles. The second kappa shape index (κ2) is 4.44. The molecule has 0 atom stereocenters. The summed E-state index contributed by atoms with van der Waals surface area (Å²) in [6.45, 7) is 0. The van der Waals surface area contributed by atoms with Crippen LogP contribution < -0.4 is 11.1 Å². The summed E-state index contributed by atoms with van der Waals surface area (Å²) in [7, 11) is 0. The second-order valence-corrected chi connectivity index (χ2v) is 5.19. The van der Waals surface area contributed by atoms with E-state index < -0.39 is 0 Å². The molecule has 0 aliphatic rings. The van der Waals surface area contributed by atoms with Crippen LogP contribution in [-0.2, 0) is 0 Å². The van der Waals surface area contributed by atoms with Crippen molar-refractivity contribution in [2.75, 3.05) is 11.1 Å².